The van der Waals surface area contributed by atoms with Crippen LogP contribution in [-0.4, -0.2) is 17.0 Å². The first kappa shape index (κ1) is 27.7. The minimum absolute atomic E-state index is 0.827. The zero-order valence-electron chi connectivity index (χ0n) is 17.6. The van der Waals surface area contributed by atoms with Gasteiger partial charge in [0.05, 0.1) is 0 Å². The highest BCUT2D eigenvalue weighted by Crippen LogP contribution is 2.12. The predicted molar refractivity (Wildman–Crippen MR) is 117 cm³/mol. The van der Waals surface area contributed by atoms with Gasteiger partial charge in [-0.25, -0.2) is 4.79 Å². The van der Waals surface area contributed by atoms with Gasteiger partial charge in [0.1, 0.15) is 0 Å². The molecule has 3 heteroatoms. The smallest absolute Gasteiger partial charge is 0.327 e. The van der Waals surface area contributed by atoms with Gasteiger partial charge in [0.25, 0.3) is 0 Å². The van der Waals surface area contributed by atoms with E-state index in [1.807, 2.05) is 0 Å². The number of carboxylic acids is 1. The number of aliphatic carboxylic acids is 1. The van der Waals surface area contributed by atoms with Gasteiger partial charge < -0.3 is 5.11 Å². The van der Waals surface area contributed by atoms with E-state index >= 15 is 0 Å². The number of carboxylic acid groups (broad SMARTS) is 1. The number of hydrogen-bond donors (Lipinski definition) is 1. The molecule has 0 aromatic heterocycles. The van der Waals surface area contributed by atoms with Gasteiger partial charge >= 0.3 is 5.97 Å². The van der Waals surface area contributed by atoms with Gasteiger partial charge in [-0.1, -0.05) is 110 Å². The molecular formula is C23H45ClO2. The summed E-state index contributed by atoms with van der Waals surface area (Å²) >= 11 is 5.38. The van der Waals surface area contributed by atoms with Crippen LogP contribution in [0.25, 0.3) is 0 Å². The number of unbranched alkanes of at least 4 members (excludes halogenated alkanes) is 15. The molecule has 2 nitrogen and oxygen atoms in total. The van der Waals surface area contributed by atoms with Gasteiger partial charge in [0, 0.05) is 12.0 Å². The second kappa shape index (κ2) is 26.7. The van der Waals surface area contributed by atoms with Crippen LogP contribution in [0.2, 0.25) is 0 Å². The fraction of sp³-hybridized carbons (Fsp3) is 0.870. The van der Waals surface area contributed by atoms with Crippen LogP contribution in [0.15, 0.2) is 12.2 Å². The highest BCUT2D eigenvalue weighted by molar-refractivity contribution is 6.17. The van der Waals surface area contributed by atoms with Crippen LogP contribution in [0.5, 0.6) is 0 Å². The molecule has 0 aromatic carbocycles. The molecule has 0 saturated carbocycles. The molecule has 0 aliphatic carbocycles. The highest BCUT2D eigenvalue weighted by Gasteiger charge is 1.93. The minimum atomic E-state index is -0.834. The average Bonchev–Trinajstić information content (AvgIpc) is 2.63. The Morgan fingerprint density at radius 3 is 1.42 bits per heavy atom. The molecule has 156 valence electrons. The zero-order valence-corrected chi connectivity index (χ0v) is 18.4. The normalized spacial score (nSPS) is 10.7. The molecule has 1 N–H and O–H groups in total. The van der Waals surface area contributed by atoms with Crippen molar-refractivity contribution in [2.24, 2.45) is 0 Å². The largest absolute Gasteiger partial charge is 0.478 e. The lowest BCUT2D eigenvalue weighted by Crippen LogP contribution is -1.86. The number of allylic oxidation sites excluding steroid dienone is 1. The molecule has 0 amide bonds. The number of carbonyl (C=O) groups is 1. The van der Waals surface area contributed by atoms with Crippen molar-refractivity contribution < 1.29 is 9.90 Å². The second-order valence-electron chi connectivity index (χ2n) is 7.17. The summed E-state index contributed by atoms with van der Waals surface area (Å²) < 4.78 is 0. The summed E-state index contributed by atoms with van der Waals surface area (Å²) in [4.78, 5) is 10.2. The number of alkyl halides is 1. The van der Waals surface area contributed by atoms with Crippen molar-refractivity contribution in [1.29, 1.82) is 0 Å². The van der Waals surface area contributed by atoms with E-state index in [-0.39, 0.29) is 0 Å². The van der Waals surface area contributed by atoms with Gasteiger partial charge in [0.15, 0.2) is 0 Å². The van der Waals surface area contributed by atoms with Gasteiger partial charge in [0.2, 0.25) is 0 Å². The maximum absolute atomic E-state index is 10.2. The topological polar surface area (TPSA) is 37.3 Å². The van der Waals surface area contributed by atoms with Crippen molar-refractivity contribution in [1.82, 2.24) is 0 Å². The van der Waals surface area contributed by atoms with Gasteiger partial charge in [-0.3, -0.25) is 0 Å². The van der Waals surface area contributed by atoms with Crippen LogP contribution in [0, 0.1) is 0 Å². The molecular weight excluding hydrogens is 344 g/mol. The zero-order chi connectivity index (χ0) is 19.7. The molecule has 0 unspecified atom stereocenters. The van der Waals surface area contributed by atoms with Crippen LogP contribution in [-0.2, 0) is 4.79 Å². The fourth-order valence-electron chi connectivity index (χ4n) is 2.81. The molecule has 0 bridgehead atoms. The Bertz CT molecular complexity index is 286. The molecule has 0 fully saturated rings. The summed E-state index contributed by atoms with van der Waals surface area (Å²) in [6, 6.07) is 0. The van der Waals surface area contributed by atoms with Gasteiger partial charge in [-0.15, -0.1) is 11.6 Å². The number of halogens is 1. The lowest BCUT2D eigenvalue weighted by molar-refractivity contribution is -0.131. The van der Waals surface area contributed by atoms with Crippen molar-refractivity contribution in [2.45, 2.75) is 123 Å². The summed E-state index contributed by atoms with van der Waals surface area (Å²) in [5.74, 6) is -0.00639. The summed E-state index contributed by atoms with van der Waals surface area (Å²) in [5.41, 5.74) is 0. The fourth-order valence-corrected chi connectivity index (χ4v) is 3.00. The van der Waals surface area contributed by atoms with Gasteiger partial charge in [-0.2, -0.15) is 0 Å². The van der Waals surface area contributed by atoms with E-state index in [4.69, 9.17) is 16.7 Å². The molecule has 0 heterocycles. The van der Waals surface area contributed by atoms with Crippen LogP contribution < -0.4 is 0 Å². The Hall–Kier alpha value is -0.500. The Morgan fingerprint density at radius 2 is 1.08 bits per heavy atom. The predicted octanol–water partition coefficient (Wildman–Crippen LogP) is 8.52. The molecule has 26 heavy (non-hydrogen) atoms. The second-order valence-corrected chi connectivity index (χ2v) is 7.55. The average molecular weight is 389 g/mol. The molecule has 0 spiro atoms. The molecule has 0 rings (SSSR count). The van der Waals surface area contributed by atoms with E-state index in [1.54, 1.807) is 6.08 Å². The summed E-state index contributed by atoms with van der Waals surface area (Å²) in [6.07, 6.45) is 25.3. The molecule has 0 saturated heterocycles. The Labute approximate surface area is 168 Å². The summed E-state index contributed by atoms with van der Waals surface area (Å²) in [6.45, 7) is 4.44. The summed E-state index contributed by atoms with van der Waals surface area (Å²) in [7, 11) is 0. The third-order valence-electron chi connectivity index (χ3n) is 4.47. The monoisotopic (exact) mass is 388 g/mol. The van der Waals surface area contributed by atoms with E-state index in [1.165, 1.54) is 102 Å². The first-order valence-corrected chi connectivity index (χ1v) is 11.7. The first-order valence-electron chi connectivity index (χ1n) is 11.1. The Morgan fingerprint density at radius 1 is 0.692 bits per heavy atom. The minimum Gasteiger partial charge on any atom is -0.478 e. The van der Waals surface area contributed by atoms with E-state index in [9.17, 15) is 4.79 Å². The van der Waals surface area contributed by atoms with Crippen LogP contribution in [0.4, 0.5) is 0 Å². The van der Waals surface area contributed by atoms with E-state index in [0.29, 0.717) is 0 Å². The SMILES string of the molecule is CCCCCCCCCCCCCCCC=CC(=O)O.CCCCCCl. The van der Waals surface area contributed by atoms with Crippen molar-refractivity contribution in [3.05, 3.63) is 12.2 Å². The van der Waals surface area contributed by atoms with E-state index < -0.39 is 5.97 Å². The highest BCUT2D eigenvalue weighted by atomic mass is 35.5. The van der Waals surface area contributed by atoms with Crippen molar-refractivity contribution >= 4 is 17.6 Å². The molecule has 0 aliphatic rings. The molecule has 0 atom stereocenters. The van der Waals surface area contributed by atoms with Crippen molar-refractivity contribution in [2.75, 3.05) is 5.88 Å². The first-order chi connectivity index (χ1) is 12.7. The maximum atomic E-state index is 10.2. The van der Waals surface area contributed by atoms with Crippen LogP contribution in [0.3, 0.4) is 0 Å². The quantitative estimate of drug-likeness (QED) is 0.145. The van der Waals surface area contributed by atoms with E-state index in [0.717, 1.165) is 18.7 Å². The van der Waals surface area contributed by atoms with Crippen LogP contribution in [0.1, 0.15) is 123 Å². The van der Waals surface area contributed by atoms with Crippen molar-refractivity contribution in [3.8, 4) is 0 Å². The standard InChI is InChI=1S/C18H34O2.C5H11Cl/c1-2-3-4-5-6-7-8-9-10-11-12-13-14-15-16-17-18(19)20;1-2-3-4-5-6/h16-17H,2-15H2,1H3,(H,19,20);2-5H2,1H3. The Kier molecular flexibility index (Phi) is 28.5. The summed E-state index contributed by atoms with van der Waals surface area (Å²) in [5, 5.41) is 8.43. The number of hydrogen-bond acceptors (Lipinski definition) is 1. The maximum Gasteiger partial charge on any atom is 0.327 e. The lowest BCUT2D eigenvalue weighted by Gasteiger charge is -2.02. The van der Waals surface area contributed by atoms with Crippen molar-refractivity contribution in [3.63, 3.8) is 0 Å². The third kappa shape index (κ3) is 31.3. The molecule has 0 aliphatic heterocycles. The molecule has 0 radical (unpaired) electrons. The van der Waals surface area contributed by atoms with E-state index in [2.05, 4.69) is 13.8 Å². The third-order valence-corrected chi connectivity index (χ3v) is 4.74. The van der Waals surface area contributed by atoms with Crippen LogP contribution >= 0.6 is 11.6 Å². The molecule has 0 aromatic rings. The number of rotatable bonds is 18. The Balaban J connectivity index is 0. The lowest BCUT2D eigenvalue weighted by atomic mass is 10.0. The van der Waals surface area contributed by atoms with Gasteiger partial charge in [-0.05, 0) is 19.3 Å².